The van der Waals surface area contributed by atoms with Crippen LogP contribution < -0.4 is 20.5 Å². The summed E-state index contributed by atoms with van der Waals surface area (Å²) in [5.41, 5.74) is 7.76. The van der Waals surface area contributed by atoms with E-state index in [4.69, 9.17) is 19.9 Å². The maximum atomic E-state index is 13.3. The second-order valence-electron chi connectivity index (χ2n) is 12.6. The first-order valence-corrected chi connectivity index (χ1v) is 15.6. The molecule has 40 heavy (non-hydrogen) atoms. The molecule has 5 atom stereocenters. The van der Waals surface area contributed by atoms with Gasteiger partial charge in [0.2, 0.25) is 5.91 Å². The Labute approximate surface area is 243 Å². The van der Waals surface area contributed by atoms with Crippen molar-refractivity contribution < 1.29 is 24.1 Å². The fraction of sp³-hybridized carbons (Fsp3) is 0.788. The van der Waals surface area contributed by atoms with Crippen LogP contribution in [0.2, 0.25) is 0 Å². The minimum atomic E-state index is -0.736. The van der Waals surface area contributed by atoms with Gasteiger partial charge in [-0.3, -0.25) is 4.79 Å². The number of hydrogen-bond acceptors (Lipinski definition) is 6. The summed E-state index contributed by atoms with van der Waals surface area (Å²) in [5.74, 6) is 2.58. The molecule has 1 aliphatic rings. The number of carbonyl (C=O) groups excluding carboxylic acids is 1. The zero-order chi connectivity index (χ0) is 29.7. The van der Waals surface area contributed by atoms with Gasteiger partial charge in [0.05, 0.1) is 19.8 Å². The number of aliphatic hydroxyl groups excluding tert-OH is 1. The van der Waals surface area contributed by atoms with Gasteiger partial charge in [0.15, 0.2) is 11.5 Å². The van der Waals surface area contributed by atoms with Crippen molar-refractivity contribution >= 4 is 5.91 Å². The smallest absolute Gasteiger partial charge is 0.223 e. The van der Waals surface area contributed by atoms with E-state index < -0.39 is 12.1 Å². The molecule has 0 spiro atoms. The van der Waals surface area contributed by atoms with Crippen molar-refractivity contribution in [2.45, 2.75) is 111 Å². The van der Waals surface area contributed by atoms with Crippen LogP contribution in [0, 0.1) is 29.6 Å². The lowest BCUT2D eigenvalue weighted by atomic mass is 9.80. The van der Waals surface area contributed by atoms with Crippen LogP contribution in [0.25, 0.3) is 0 Å². The van der Waals surface area contributed by atoms with E-state index in [9.17, 15) is 9.90 Å². The standard InChI is InChI=1S/C33H58N2O5/c1-22(2)27(18-25-14-15-31(39-7)32(19-25)40-17-11-16-38-6)20-29(34)30(36)21-28(23(3)4)33(37)35-24(5)26-12-9-8-10-13-26/h14-15,19,22-24,26-30,36H,8-13,16-18,20-21,34H2,1-7H3,(H,35,37)/t24-,27-,28-,29-,30-/m0/s1. The second-order valence-corrected chi connectivity index (χ2v) is 12.6. The Kier molecular flexibility index (Phi) is 15.4. The minimum Gasteiger partial charge on any atom is -0.493 e. The lowest BCUT2D eigenvalue weighted by Crippen LogP contribution is -2.46. The molecule has 0 radical (unpaired) electrons. The molecule has 1 aliphatic carbocycles. The maximum Gasteiger partial charge on any atom is 0.223 e. The van der Waals surface area contributed by atoms with Crippen molar-refractivity contribution in [1.82, 2.24) is 5.32 Å². The number of methoxy groups -OCH3 is 2. The van der Waals surface area contributed by atoms with E-state index in [0.717, 1.165) is 24.2 Å². The minimum absolute atomic E-state index is 0.0518. The molecule has 1 fully saturated rings. The predicted octanol–water partition coefficient (Wildman–Crippen LogP) is 5.75. The van der Waals surface area contributed by atoms with Crippen molar-refractivity contribution in [3.8, 4) is 11.5 Å². The number of amides is 1. The molecule has 0 bridgehead atoms. The summed E-state index contributed by atoms with van der Waals surface area (Å²) in [6.45, 7) is 11.9. The Hall–Kier alpha value is -1.83. The molecular formula is C33H58N2O5. The second kappa shape index (κ2) is 17.9. The van der Waals surface area contributed by atoms with Crippen molar-refractivity contribution in [3.63, 3.8) is 0 Å². The summed E-state index contributed by atoms with van der Waals surface area (Å²) >= 11 is 0. The number of ether oxygens (including phenoxy) is 3. The topological polar surface area (TPSA) is 103 Å². The number of rotatable bonds is 18. The average molecular weight is 563 g/mol. The van der Waals surface area contributed by atoms with Gasteiger partial charge in [-0.15, -0.1) is 0 Å². The molecule has 1 aromatic carbocycles. The molecule has 4 N–H and O–H groups in total. The Bertz CT molecular complexity index is 855. The normalized spacial score (nSPS) is 18.3. The van der Waals surface area contributed by atoms with Gasteiger partial charge in [-0.25, -0.2) is 0 Å². The van der Waals surface area contributed by atoms with Gasteiger partial charge in [-0.05, 0) is 80.4 Å². The molecule has 1 saturated carbocycles. The van der Waals surface area contributed by atoms with Crippen molar-refractivity contribution in [1.29, 1.82) is 0 Å². The largest absolute Gasteiger partial charge is 0.493 e. The zero-order valence-corrected chi connectivity index (χ0v) is 26.3. The number of carbonyl (C=O) groups is 1. The number of aliphatic hydroxyl groups is 1. The Balaban J connectivity index is 2.00. The molecule has 0 unspecified atom stereocenters. The summed E-state index contributed by atoms with van der Waals surface area (Å²) in [6, 6.07) is 5.84. The first-order chi connectivity index (χ1) is 19.1. The van der Waals surface area contributed by atoms with Gasteiger partial charge >= 0.3 is 0 Å². The quantitative estimate of drug-likeness (QED) is 0.197. The number of nitrogens with two attached hydrogens (primary N) is 1. The van der Waals surface area contributed by atoms with Gasteiger partial charge in [0, 0.05) is 38.1 Å². The van der Waals surface area contributed by atoms with Crippen LogP contribution in [-0.2, 0) is 16.0 Å². The van der Waals surface area contributed by atoms with Crippen LogP contribution in [0.3, 0.4) is 0 Å². The molecular weight excluding hydrogens is 504 g/mol. The molecule has 7 nitrogen and oxygen atoms in total. The zero-order valence-electron chi connectivity index (χ0n) is 26.3. The van der Waals surface area contributed by atoms with Gasteiger partial charge in [0.1, 0.15) is 0 Å². The third-order valence-electron chi connectivity index (χ3n) is 8.85. The van der Waals surface area contributed by atoms with E-state index in [1.54, 1.807) is 14.2 Å². The Morgan fingerprint density at radius 3 is 2.30 bits per heavy atom. The Morgan fingerprint density at radius 1 is 1.00 bits per heavy atom. The molecule has 0 aromatic heterocycles. The maximum absolute atomic E-state index is 13.3. The third-order valence-corrected chi connectivity index (χ3v) is 8.85. The molecule has 0 saturated heterocycles. The fourth-order valence-electron chi connectivity index (χ4n) is 5.95. The van der Waals surface area contributed by atoms with Crippen LogP contribution in [0.5, 0.6) is 11.5 Å². The number of hydrogen-bond donors (Lipinski definition) is 3. The van der Waals surface area contributed by atoms with Crippen LogP contribution >= 0.6 is 0 Å². The molecule has 230 valence electrons. The van der Waals surface area contributed by atoms with Gasteiger partial charge in [0.25, 0.3) is 0 Å². The number of nitrogens with one attached hydrogen (secondary N) is 1. The first-order valence-electron chi connectivity index (χ1n) is 15.6. The lowest BCUT2D eigenvalue weighted by molar-refractivity contribution is -0.128. The lowest BCUT2D eigenvalue weighted by Gasteiger charge is -2.32. The van der Waals surface area contributed by atoms with E-state index in [1.165, 1.54) is 32.1 Å². The van der Waals surface area contributed by atoms with Crippen molar-refractivity contribution in [2.75, 3.05) is 27.4 Å². The summed E-state index contributed by atoms with van der Waals surface area (Å²) in [4.78, 5) is 13.3. The van der Waals surface area contributed by atoms with Crippen molar-refractivity contribution in [2.24, 2.45) is 35.3 Å². The van der Waals surface area contributed by atoms with E-state index in [0.29, 0.717) is 43.6 Å². The van der Waals surface area contributed by atoms with Gasteiger partial charge < -0.3 is 30.4 Å². The van der Waals surface area contributed by atoms with Crippen LogP contribution in [0.4, 0.5) is 0 Å². The van der Waals surface area contributed by atoms with Crippen LogP contribution in [0.1, 0.15) is 91.5 Å². The molecule has 1 amide bonds. The predicted molar refractivity (Wildman–Crippen MR) is 163 cm³/mol. The SMILES string of the molecule is COCCCOc1cc(C[C@@H](C[C@H](N)[C@@H](O)C[C@H](C(=O)N[C@@H](C)C2CCCCC2)C(C)C)C(C)C)ccc1OC. The van der Waals surface area contributed by atoms with Crippen LogP contribution in [-0.4, -0.2) is 56.6 Å². The highest BCUT2D eigenvalue weighted by atomic mass is 16.5. The first kappa shape index (κ1) is 34.4. The van der Waals surface area contributed by atoms with Gasteiger partial charge in [-0.2, -0.15) is 0 Å². The molecule has 2 rings (SSSR count). The highest BCUT2D eigenvalue weighted by Crippen LogP contribution is 2.32. The third kappa shape index (κ3) is 11.2. The summed E-state index contributed by atoms with van der Waals surface area (Å²) in [5, 5.41) is 14.5. The molecule has 7 heteroatoms. The Morgan fingerprint density at radius 2 is 1.70 bits per heavy atom. The highest BCUT2D eigenvalue weighted by Gasteiger charge is 2.31. The van der Waals surface area contributed by atoms with E-state index >= 15 is 0 Å². The molecule has 1 aromatic rings. The van der Waals surface area contributed by atoms with E-state index in [2.05, 4.69) is 52.1 Å². The van der Waals surface area contributed by atoms with Crippen LogP contribution in [0.15, 0.2) is 18.2 Å². The summed E-state index contributed by atoms with van der Waals surface area (Å²) < 4.78 is 16.6. The number of benzene rings is 1. The molecule has 0 heterocycles. The average Bonchev–Trinajstić information content (AvgIpc) is 2.93. The van der Waals surface area contributed by atoms with Crippen molar-refractivity contribution in [3.05, 3.63) is 23.8 Å². The van der Waals surface area contributed by atoms with E-state index in [1.807, 2.05) is 6.07 Å². The molecule has 0 aliphatic heterocycles. The fourth-order valence-corrected chi connectivity index (χ4v) is 5.95. The monoisotopic (exact) mass is 562 g/mol. The summed E-state index contributed by atoms with van der Waals surface area (Å²) in [6.07, 6.45) is 8.14. The van der Waals surface area contributed by atoms with Gasteiger partial charge in [-0.1, -0.05) is 53.0 Å². The summed E-state index contributed by atoms with van der Waals surface area (Å²) in [7, 11) is 3.33. The highest BCUT2D eigenvalue weighted by molar-refractivity contribution is 5.79. The van der Waals surface area contributed by atoms with E-state index in [-0.39, 0.29) is 29.7 Å².